The number of benzene rings is 1. The average molecular weight is 316 g/mol. The number of nitrogens with one attached hydrogen (secondary N) is 1. The Balaban J connectivity index is 2.24. The molecule has 0 saturated carbocycles. The van der Waals surface area contributed by atoms with Crippen molar-refractivity contribution in [3.05, 3.63) is 46.4 Å². The number of nitrogens with zero attached hydrogens (tertiary/aromatic N) is 2. The van der Waals surface area contributed by atoms with Crippen LogP contribution < -0.4 is 5.32 Å². The summed E-state index contributed by atoms with van der Waals surface area (Å²) in [5.74, 6) is -0.509. The van der Waals surface area contributed by atoms with Gasteiger partial charge in [-0.1, -0.05) is 17.7 Å². The molecule has 20 heavy (non-hydrogen) atoms. The van der Waals surface area contributed by atoms with Gasteiger partial charge in [-0.05, 0) is 19.1 Å². The maximum Gasteiger partial charge on any atom is 0.240 e. The topological polar surface area (TPSA) is 46.9 Å². The molecule has 0 bridgehead atoms. The Kier molecular flexibility index (Phi) is 4.62. The van der Waals surface area contributed by atoms with Crippen LogP contribution in [-0.4, -0.2) is 21.6 Å². The second-order valence-corrected chi connectivity index (χ2v) is 4.89. The Morgan fingerprint density at radius 3 is 2.90 bits per heavy atom. The number of aromatic nitrogens is 2. The van der Waals surface area contributed by atoms with Gasteiger partial charge in [-0.25, -0.2) is 4.39 Å². The maximum absolute atomic E-state index is 13.7. The van der Waals surface area contributed by atoms with E-state index < -0.39 is 5.82 Å². The molecule has 0 atom stereocenters. The molecule has 2 aromatic rings. The summed E-state index contributed by atoms with van der Waals surface area (Å²) >= 11 is 11.4. The number of anilines is 1. The first-order valence-corrected chi connectivity index (χ1v) is 6.75. The summed E-state index contributed by atoms with van der Waals surface area (Å²) in [6.45, 7) is 1.99. The Bertz CT molecular complexity index is 622. The highest BCUT2D eigenvalue weighted by atomic mass is 35.5. The summed E-state index contributed by atoms with van der Waals surface area (Å²) in [7, 11) is 0. The van der Waals surface area contributed by atoms with Crippen molar-refractivity contribution in [1.29, 1.82) is 0 Å². The van der Waals surface area contributed by atoms with Crippen LogP contribution in [0.25, 0.3) is 0 Å². The average Bonchev–Trinajstić information content (AvgIpc) is 2.74. The molecular weight excluding hydrogens is 304 g/mol. The third kappa shape index (κ3) is 3.29. The number of alkyl halides is 1. The fraction of sp³-hybridized carbons (Fsp3) is 0.231. The molecule has 1 amide bonds. The number of hydrogen-bond donors (Lipinski definition) is 1. The predicted molar refractivity (Wildman–Crippen MR) is 76.8 cm³/mol. The molecular formula is C13H12Cl2FN3O. The van der Waals surface area contributed by atoms with E-state index in [1.807, 2.05) is 0 Å². The van der Waals surface area contributed by atoms with Crippen LogP contribution in [0.4, 0.5) is 10.2 Å². The van der Waals surface area contributed by atoms with Crippen LogP contribution in [0.3, 0.4) is 0 Å². The van der Waals surface area contributed by atoms with Crippen molar-refractivity contribution in [2.75, 3.05) is 11.2 Å². The zero-order valence-corrected chi connectivity index (χ0v) is 12.2. The molecule has 7 heteroatoms. The van der Waals surface area contributed by atoms with Crippen LogP contribution in [0.2, 0.25) is 5.02 Å². The Labute approximate surface area is 125 Å². The predicted octanol–water partition coefficient (Wildman–Crippen LogP) is 3.21. The molecule has 106 valence electrons. The third-order valence-corrected chi connectivity index (χ3v) is 3.34. The number of carbonyl (C=O) groups excluding carboxylic acids is 1. The summed E-state index contributed by atoms with van der Waals surface area (Å²) in [4.78, 5) is 11.2. The highest BCUT2D eigenvalue weighted by molar-refractivity contribution is 6.31. The van der Waals surface area contributed by atoms with Gasteiger partial charge in [-0.15, -0.1) is 11.6 Å². The van der Waals surface area contributed by atoms with Crippen LogP contribution in [0, 0.1) is 12.7 Å². The number of hydrogen-bond acceptors (Lipinski definition) is 2. The number of aryl methyl sites for hydroxylation is 1. The van der Waals surface area contributed by atoms with Crippen LogP contribution in [0.15, 0.2) is 24.3 Å². The summed E-state index contributed by atoms with van der Waals surface area (Å²) in [6.07, 6.45) is 0. The van der Waals surface area contributed by atoms with Crippen molar-refractivity contribution >= 4 is 34.9 Å². The highest BCUT2D eigenvalue weighted by Gasteiger charge is 2.12. The minimum absolute atomic E-state index is 0.148. The lowest BCUT2D eigenvalue weighted by Crippen LogP contribution is -2.13. The molecule has 0 fully saturated rings. The number of rotatable bonds is 4. The van der Waals surface area contributed by atoms with E-state index in [0.717, 1.165) is 5.69 Å². The van der Waals surface area contributed by atoms with Crippen molar-refractivity contribution in [2.45, 2.75) is 13.5 Å². The number of halogens is 3. The molecule has 0 spiro atoms. The van der Waals surface area contributed by atoms with Gasteiger partial charge in [0.15, 0.2) is 5.82 Å². The monoisotopic (exact) mass is 315 g/mol. The molecule has 0 aliphatic rings. The summed E-state index contributed by atoms with van der Waals surface area (Å²) in [6, 6.07) is 6.19. The van der Waals surface area contributed by atoms with Gasteiger partial charge in [0.05, 0.1) is 6.54 Å². The molecule has 0 radical (unpaired) electrons. The van der Waals surface area contributed by atoms with Crippen molar-refractivity contribution < 1.29 is 9.18 Å². The van der Waals surface area contributed by atoms with E-state index in [9.17, 15) is 9.18 Å². The van der Waals surface area contributed by atoms with Crippen LogP contribution in [0.1, 0.15) is 11.3 Å². The lowest BCUT2D eigenvalue weighted by molar-refractivity contribution is -0.113. The van der Waals surface area contributed by atoms with Gasteiger partial charge in [0, 0.05) is 22.3 Å². The number of carbonyl (C=O) groups is 1. The van der Waals surface area contributed by atoms with E-state index in [4.69, 9.17) is 23.2 Å². The van der Waals surface area contributed by atoms with Gasteiger partial charge >= 0.3 is 0 Å². The fourth-order valence-electron chi connectivity index (χ4n) is 1.74. The Morgan fingerprint density at radius 2 is 2.25 bits per heavy atom. The second-order valence-electron chi connectivity index (χ2n) is 4.21. The smallest absolute Gasteiger partial charge is 0.240 e. The molecule has 0 saturated heterocycles. The standard InChI is InChI=1S/C13H12Cl2FN3O/c1-8-5-12(17-13(20)6-14)18-19(8)7-9-10(15)3-2-4-11(9)16/h2-5H,6-7H2,1H3,(H,17,18,20). The minimum atomic E-state index is -0.390. The van der Waals surface area contributed by atoms with Crippen LogP contribution in [-0.2, 0) is 11.3 Å². The number of amides is 1. The van der Waals surface area contributed by atoms with E-state index >= 15 is 0 Å². The van der Waals surface area contributed by atoms with Crippen molar-refractivity contribution in [1.82, 2.24) is 9.78 Å². The van der Waals surface area contributed by atoms with E-state index in [0.29, 0.717) is 16.4 Å². The normalized spacial score (nSPS) is 10.6. The molecule has 0 unspecified atom stereocenters. The zero-order chi connectivity index (χ0) is 14.7. The minimum Gasteiger partial charge on any atom is -0.308 e. The first-order chi connectivity index (χ1) is 9.51. The highest BCUT2D eigenvalue weighted by Crippen LogP contribution is 2.21. The first kappa shape index (κ1) is 14.8. The first-order valence-electron chi connectivity index (χ1n) is 5.84. The molecule has 1 aromatic heterocycles. The molecule has 0 aliphatic carbocycles. The summed E-state index contributed by atoms with van der Waals surface area (Å²) < 4.78 is 15.3. The van der Waals surface area contributed by atoms with Crippen LogP contribution in [0.5, 0.6) is 0 Å². The lowest BCUT2D eigenvalue weighted by Gasteiger charge is -2.07. The Hall–Kier alpha value is -1.59. The lowest BCUT2D eigenvalue weighted by atomic mass is 10.2. The molecule has 0 aliphatic heterocycles. The molecule has 2 rings (SSSR count). The fourth-order valence-corrected chi connectivity index (χ4v) is 2.03. The van der Waals surface area contributed by atoms with Crippen LogP contribution >= 0.6 is 23.2 Å². The van der Waals surface area contributed by atoms with Gasteiger partial charge in [-0.2, -0.15) is 5.10 Å². The molecule has 1 N–H and O–H groups in total. The van der Waals surface area contributed by atoms with Crippen molar-refractivity contribution in [3.63, 3.8) is 0 Å². The van der Waals surface area contributed by atoms with Gasteiger partial charge < -0.3 is 5.32 Å². The van der Waals surface area contributed by atoms with Gasteiger partial charge in [0.1, 0.15) is 11.7 Å². The third-order valence-electron chi connectivity index (χ3n) is 2.74. The quantitative estimate of drug-likeness (QED) is 0.881. The molecule has 1 heterocycles. The van der Waals surface area contributed by atoms with E-state index in [1.54, 1.807) is 29.8 Å². The van der Waals surface area contributed by atoms with Crippen molar-refractivity contribution in [2.24, 2.45) is 0 Å². The van der Waals surface area contributed by atoms with Crippen molar-refractivity contribution in [3.8, 4) is 0 Å². The molecule has 4 nitrogen and oxygen atoms in total. The maximum atomic E-state index is 13.7. The van der Waals surface area contributed by atoms with E-state index in [1.165, 1.54) is 6.07 Å². The summed E-state index contributed by atoms with van der Waals surface area (Å²) in [5, 5.41) is 7.05. The van der Waals surface area contributed by atoms with Gasteiger partial charge in [0.2, 0.25) is 5.91 Å². The molecule has 1 aromatic carbocycles. The van der Waals surface area contributed by atoms with E-state index in [-0.39, 0.29) is 18.3 Å². The second kappa shape index (κ2) is 6.24. The van der Waals surface area contributed by atoms with E-state index in [2.05, 4.69) is 10.4 Å². The SMILES string of the molecule is Cc1cc(NC(=O)CCl)nn1Cc1c(F)cccc1Cl. The Morgan fingerprint density at radius 1 is 1.50 bits per heavy atom. The zero-order valence-electron chi connectivity index (χ0n) is 10.7. The van der Waals surface area contributed by atoms with Gasteiger partial charge in [-0.3, -0.25) is 9.48 Å². The van der Waals surface area contributed by atoms with Gasteiger partial charge in [0.25, 0.3) is 0 Å². The largest absolute Gasteiger partial charge is 0.308 e. The summed E-state index contributed by atoms with van der Waals surface area (Å²) in [5.41, 5.74) is 1.13.